The van der Waals surface area contributed by atoms with Crippen molar-refractivity contribution in [2.24, 2.45) is 5.41 Å². The van der Waals surface area contributed by atoms with Crippen molar-refractivity contribution < 1.29 is 19.8 Å². The van der Waals surface area contributed by atoms with Gasteiger partial charge in [-0.3, -0.25) is 4.90 Å². The molecule has 0 aromatic carbocycles. The molecule has 0 aromatic rings. The van der Waals surface area contributed by atoms with Gasteiger partial charge < -0.3 is 15.5 Å². The number of hydrogen-bond donors (Lipinski definition) is 3. The molecule has 2 aliphatic heterocycles. The van der Waals surface area contributed by atoms with E-state index in [4.69, 9.17) is 10.2 Å². The highest BCUT2D eigenvalue weighted by molar-refractivity contribution is 5.80. The fourth-order valence-electron chi connectivity index (χ4n) is 2.80. The van der Waals surface area contributed by atoms with Gasteiger partial charge in [0.25, 0.3) is 0 Å². The van der Waals surface area contributed by atoms with Gasteiger partial charge in [-0.05, 0) is 37.8 Å². The Hall–Kier alpha value is -1.30. The molecule has 90 valence electrons. The highest BCUT2D eigenvalue weighted by atomic mass is 16.4. The van der Waals surface area contributed by atoms with E-state index in [1.165, 1.54) is 0 Å². The lowest BCUT2D eigenvalue weighted by Gasteiger charge is -2.33. The van der Waals surface area contributed by atoms with Crippen molar-refractivity contribution in [2.45, 2.75) is 25.3 Å². The van der Waals surface area contributed by atoms with Gasteiger partial charge in [0.15, 0.2) is 0 Å². The first-order valence-electron chi connectivity index (χ1n) is 5.47. The fraction of sp³-hybridized carbons (Fsp3) is 0.800. The van der Waals surface area contributed by atoms with E-state index in [-0.39, 0.29) is 5.41 Å². The molecule has 1 spiro atoms. The van der Waals surface area contributed by atoms with E-state index in [9.17, 15) is 9.59 Å². The zero-order valence-corrected chi connectivity index (χ0v) is 8.98. The van der Waals surface area contributed by atoms with Gasteiger partial charge in [-0.25, -0.2) is 9.59 Å². The summed E-state index contributed by atoms with van der Waals surface area (Å²) in [7, 11) is 0. The molecule has 16 heavy (non-hydrogen) atoms. The van der Waals surface area contributed by atoms with E-state index in [0.717, 1.165) is 30.8 Å². The topological polar surface area (TPSA) is 89.9 Å². The third kappa shape index (κ3) is 1.84. The Bertz CT molecular complexity index is 288. The zero-order chi connectivity index (χ0) is 11.8. The zero-order valence-electron chi connectivity index (χ0n) is 8.98. The summed E-state index contributed by atoms with van der Waals surface area (Å²) in [6.07, 6.45) is 1.06. The Balaban J connectivity index is 2.16. The molecule has 3 N–H and O–H groups in total. The molecule has 0 bridgehead atoms. The molecule has 2 heterocycles. The first-order chi connectivity index (χ1) is 7.54. The Morgan fingerprint density at radius 3 is 2.31 bits per heavy atom. The van der Waals surface area contributed by atoms with Crippen LogP contribution in [0.2, 0.25) is 0 Å². The normalized spacial score (nSPS) is 28.2. The molecular weight excluding hydrogens is 212 g/mol. The SMILES string of the molecule is O=C(O)[C@@H]1CC2(CCNCC2)CN1C(=O)O. The van der Waals surface area contributed by atoms with Crippen molar-refractivity contribution in [3.63, 3.8) is 0 Å². The molecule has 1 amide bonds. The highest BCUT2D eigenvalue weighted by Gasteiger charge is 2.49. The molecule has 0 radical (unpaired) electrons. The second kappa shape index (κ2) is 3.93. The van der Waals surface area contributed by atoms with E-state index in [0.29, 0.717) is 13.0 Å². The summed E-state index contributed by atoms with van der Waals surface area (Å²) in [5.41, 5.74) is -0.118. The van der Waals surface area contributed by atoms with Gasteiger partial charge in [0.1, 0.15) is 6.04 Å². The maximum atomic E-state index is 11.0. The van der Waals surface area contributed by atoms with Crippen LogP contribution in [0.5, 0.6) is 0 Å². The summed E-state index contributed by atoms with van der Waals surface area (Å²) < 4.78 is 0. The van der Waals surface area contributed by atoms with E-state index in [1.54, 1.807) is 0 Å². The van der Waals surface area contributed by atoms with Crippen LogP contribution in [-0.2, 0) is 4.79 Å². The lowest BCUT2D eigenvalue weighted by atomic mass is 9.77. The number of carboxylic acids is 1. The summed E-state index contributed by atoms with van der Waals surface area (Å²) in [6.45, 7) is 2.06. The molecule has 2 saturated heterocycles. The molecule has 6 nitrogen and oxygen atoms in total. The molecule has 2 aliphatic rings. The summed E-state index contributed by atoms with van der Waals surface area (Å²) in [5, 5.41) is 21.2. The average Bonchev–Trinajstić information content (AvgIpc) is 2.59. The van der Waals surface area contributed by atoms with Gasteiger partial charge in [0.05, 0.1) is 0 Å². The van der Waals surface area contributed by atoms with Crippen molar-refractivity contribution in [1.29, 1.82) is 0 Å². The fourth-order valence-corrected chi connectivity index (χ4v) is 2.80. The summed E-state index contributed by atoms with van der Waals surface area (Å²) in [5.74, 6) is -1.03. The van der Waals surface area contributed by atoms with Gasteiger partial charge in [0.2, 0.25) is 0 Å². The molecular formula is C10H16N2O4. The van der Waals surface area contributed by atoms with Gasteiger partial charge in [-0.15, -0.1) is 0 Å². The number of nitrogens with zero attached hydrogens (tertiary/aromatic N) is 1. The Morgan fingerprint density at radius 2 is 1.88 bits per heavy atom. The standard InChI is InChI=1S/C10H16N2O4/c13-8(14)7-5-10(1-3-11-4-2-10)6-12(7)9(15)16/h7,11H,1-6H2,(H,13,14)(H,15,16)/t7-/m0/s1. The van der Waals surface area contributed by atoms with Crippen LogP contribution in [0.1, 0.15) is 19.3 Å². The number of amides is 1. The lowest BCUT2D eigenvalue weighted by Crippen LogP contribution is -2.41. The third-order valence-electron chi connectivity index (χ3n) is 3.70. The molecule has 2 fully saturated rings. The van der Waals surface area contributed by atoms with Crippen LogP contribution in [0, 0.1) is 5.41 Å². The maximum Gasteiger partial charge on any atom is 0.408 e. The minimum Gasteiger partial charge on any atom is -0.480 e. The van der Waals surface area contributed by atoms with E-state index in [2.05, 4.69) is 5.32 Å². The Labute approximate surface area is 93.2 Å². The third-order valence-corrected chi connectivity index (χ3v) is 3.70. The number of carbonyl (C=O) groups is 2. The predicted octanol–water partition coefficient (Wildman–Crippen LogP) is 0.193. The first kappa shape index (κ1) is 11.2. The molecule has 2 rings (SSSR count). The second-order valence-electron chi connectivity index (χ2n) is 4.72. The largest absolute Gasteiger partial charge is 0.480 e. The van der Waals surface area contributed by atoms with Crippen molar-refractivity contribution in [3.8, 4) is 0 Å². The van der Waals surface area contributed by atoms with E-state index < -0.39 is 18.1 Å². The quantitative estimate of drug-likeness (QED) is 0.596. The van der Waals surface area contributed by atoms with Crippen LogP contribution in [0.3, 0.4) is 0 Å². The number of carboxylic acid groups (broad SMARTS) is 2. The van der Waals surface area contributed by atoms with Crippen LogP contribution < -0.4 is 5.32 Å². The van der Waals surface area contributed by atoms with E-state index >= 15 is 0 Å². The number of hydrogen-bond acceptors (Lipinski definition) is 3. The van der Waals surface area contributed by atoms with Crippen LogP contribution in [0.15, 0.2) is 0 Å². The molecule has 0 aliphatic carbocycles. The molecule has 1 atom stereocenters. The molecule has 0 unspecified atom stereocenters. The predicted molar refractivity (Wildman–Crippen MR) is 55.3 cm³/mol. The summed E-state index contributed by atoms with van der Waals surface area (Å²) >= 11 is 0. The second-order valence-corrected chi connectivity index (χ2v) is 4.72. The Morgan fingerprint density at radius 1 is 1.25 bits per heavy atom. The van der Waals surface area contributed by atoms with Crippen molar-refractivity contribution >= 4 is 12.1 Å². The number of nitrogens with one attached hydrogen (secondary N) is 1. The van der Waals surface area contributed by atoms with Gasteiger partial charge in [-0.1, -0.05) is 0 Å². The number of rotatable bonds is 1. The molecule has 0 aromatic heterocycles. The number of aliphatic carboxylic acids is 1. The van der Waals surface area contributed by atoms with Crippen LogP contribution in [0.4, 0.5) is 4.79 Å². The number of piperidine rings is 1. The van der Waals surface area contributed by atoms with Gasteiger partial charge in [0, 0.05) is 6.54 Å². The van der Waals surface area contributed by atoms with Crippen LogP contribution in [0.25, 0.3) is 0 Å². The van der Waals surface area contributed by atoms with E-state index in [1.807, 2.05) is 0 Å². The lowest BCUT2D eigenvalue weighted by molar-refractivity contribution is -0.141. The molecule has 6 heteroatoms. The molecule has 0 saturated carbocycles. The summed E-state index contributed by atoms with van der Waals surface area (Å²) in [6, 6.07) is -0.865. The first-order valence-corrected chi connectivity index (χ1v) is 5.47. The van der Waals surface area contributed by atoms with Gasteiger partial charge >= 0.3 is 12.1 Å². The van der Waals surface area contributed by atoms with Crippen LogP contribution in [-0.4, -0.2) is 52.9 Å². The maximum absolute atomic E-state index is 11.0. The average molecular weight is 228 g/mol. The van der Waals surface area contributed by atoms with Crippen LogP contribution >= 0.6 is 0 Å². The monoisotopic (exact) mass is 228 g/mol. The Kier molecular flexibility index (Phi) is 2.75. The smallest absolute Gasteiger partial charge is 0.408 e. The summed E-state index contributed by atoms with van der Waals surface area (Å²) in [4.78, 5) is 23.1. The van der Waals surface area contributed by atoms with Crippen molar-refractivity contribution in [1.82, 2.24) is 10.2 Å². The highest BCUT2D eigenvalue weighted by Crippen LogP contribution is 2.41. The minimum atomic E-state index is -1.12. The van der Waals surface area contributed by atoms with Gasteiger partial charge in [-0.2, -0.15) is 0 Å². The van der Waals surface area contributed by atoms with Crippen molar-refractivity contribution in [3.05, 3.63) is 0 Å². The van der Waals surface area contributed by atoms with Crippen molar-refractivity contribution in [2.75, 3.05) is 19.6 Å². The minimum absolute atomic E-state index is 0.118. The number of likely N-dealkylation sites (tertiary alicyclic amines) is 1.